The summed E-state index contributed by atoms with van der Waals surface area (Å²) < 4.78 is 17.8. The van der Waals surface area contributed by atoms with Gasteiger partial charge in [-0.15, -0.1) is 0 Å². The van der Waals surface area contributed by atoms with Crippen molar-refractivity contribution in [2.75, 3.05) is 14.2 Å². The van der Waals surface area contributed by atoms with Crippen molar-refractivity contribution in [2.24, 2.45) is 7.05 Å². The summed E-state index contributed by atoms with van der Waals surface area (Å²) in [6, 6.07) is 8.18. The van der Waals surface area contributed by atoms with Gasteiger partial charge < -0.3 is 29.1 Å². The summed E-state index contributed by atoms with van der Waals surface area (Å²) in [4.78, 5) is 16.9. The summed E-state index contributed by atoms with van der Waals surface area (Å²) in [7, 11) is 5.03. The first-order valence-electron chi connectivity index (χ1n) is 8.37. The summed E-state index contributed by atoms with van der Waals surface area (Å²) >= 11 is 0. The van der Waals surface area contributed by atoms with Gasteiger partial charge in [-0.1, -0.05) is 0 Å². The smallest absolute Gasteiger partial charge is 0.316 e. The van der Waals surface area contributed by atoms with E-state index in [1.165, 1.54) is 0 Å². The molecule has 0 bridgehead atoms. The highest BCUT2D eigenvalue weighted by Crippen LogP contribution is 2.29. The number of urea groups is 1. The van der Waals surface area contributed by atoms with Gasteiger partial charge in [-0.3, -0.25) is 0 Å². The topological polar surface area (TPSA) is 90.6 Å². The molecule has 27 heavy (non-hydrogen) atoms. The molecule has 0 aliphatic heterocycles. The molecule has 2 aromatic heterocycles. The Kier molecular flexibility index (Phi) is 5.65. The van der Waals surface area contributed by atoms with Crippen LogP contribution in [0.4, 0.5) is 4.79 Å². The molecule has 0 aliphatic carbocycles. The highest BCUT2D eigenvalue weighted by atomic mass is 16.5. The molecule has 0 aliphatic rings. The minimum Gasteiger partial charge on any atom is -0.497 e. The maximum atomic E-state index is 12.5. The Morgan fingerprint density at radius 2 is 2.00 bits per heavy atom. The van der Waals surface area contributed by atoms with Crippen LogP contribution >= 0.6 is 0 Å². The molecule has 0 spiro atoms. The zero-order chi connectivity index (χ0) is 19.2. The van der Waals surface area contributed by atoms with E-state index >= 15 is 0 Å². The van der Waals surface area contributed by atoms with Gasteiger partial charge in [0.05, 0.1) is 27.0 Å². The molecule has 8 nitrogen and oxygen atoms in total. The van der Waals surface area contributed by atoms with Crippen molar-refractivity contribution >= 4 is 6.03 Å². The van der Waals surface area contributed by atoms with Crippen LogP contribution in [0.25, 0.3) is 0 Å². The molecule has 1 aromatic carbocycles. The Balaban J connectivity index is 1.86. The normalized spacial score (nSPS) is 11.7. The Morgan fingerprint density at radius 1 is 1.26 bits per heavy atom. The van der Waals surface area contributed by atoms with Gasteiger partial charge in [0.15, 0.2) is 0 Å². The van der Waals surface area contributed by atoms with Gasteiger partial charge in [0.25, 0.3) is 0 Å². The van der Waals surface area contributed by atoms with E-state index in [1.54, 1.807) is 44.9 Å². The van der Waals surface area contributed by atoms with Crippen LogP contribution in [-0.2, 0) is 13.6 Å². The molecule has 2 amide bonds. The predicted molar refractivity (Wildman–Crippen MR) is 98.7 cm³/mol. The number of furan rings is 1. The van der Waals surface area contributed by atoms with Gasteiger partial charge in [-0.25, -0.2) is 9.78 Å². The summed E-state index contributed by atoms with van der Waals surface area (Å²) in [6.45, 7) is 0.285. The number of nitrogens with one attached hydrogen (secondary N) is 2. The molecule has 3 rings (SSSR count). The van der Waals surface area contributed by atoms with Gasteiger partial charge in [0, 0.05) is 25.5 Å². The van der Waals surface area contributed by atoms with E-state index < -0.39 is 6.04 Å². The number of rotatable bonds is 7. The Morgan fingerprint density at radius 3 is 2.56 bits per heavy atom. The summed E-state index contributed by atoms with van der Waals surface area (Å²) in [6.07, 6.45) is 5.07. The fraction of sp³-hybridized carbons (Fsp3) is 0.263. The molecular formula is C19H22N4O4. The van der Waals surface area contributed by atoms with Crippen molar-refractivity contribution in [3.63, 3.8) is 0 Å². The largest absolute Gasteiger partial charge is 0.497 e. The Bertz CT molecular complexity index is 867. The van der Waals surface area contributed by atoms with Gasteiger partial charge in [0.1, 0.15) is 29.1 Å². The predicted octanol–water partition coefficient (Wildman–Crippen LogP) is 2.62. The van der Waals surface area contributed by atoms with E-state index in [4.69, 9.17) is 13.9 Å². The number of carbonyl (C=O) groups excluding carboxylic acids is 1. The molecule has 2 N–H and O–H groups in total. The maximum Gasteiger partial charge on any atom is 0.316 e. The molecule has 0 saturated carbocycles. The number of hydrogen-bond acceptors (Lipinski definition) is 5. The van der Waals surface area contributed by atoms with Gasteiger partial charge in [-0.2, -0.15) is 0 Å². The molecule has 8 heteroatoms. The van der Waals surface area contributed by atoms with E-state index in [0.29, 0.717) is 23.1 Å². The van der Waals surface area contributed by atoms with Gasteiger partial charge >= 0.3 is 6.03 Å². The third kappa shape index (κ3) is 4.41. The first-order valence-corrected chi connectivity index (χ1v) is 8.37. The lowest BCUT2D eigenvalue weighted by Gasteiger charge is -2.20. The molecular weight excluding hydrogens is 348 g/mol. The standard InChI is InChI=1S/C19H22N4O4/c1-23-7-6-20-18(23)17(13-9-15(25-2)11-16(10-13)26-3)22-19(24)21-12-14-5-4-8-27-14/h4-11,17H,12H2,1-3H3,(H2,21,22,24). The van der Waals surface area contributed by atoms with Crippen LogP contribution < -0.4 is 20.1 Å². The van der Waals surface area contributed by atoms with Crippen molar-refractivity contribution in [1.82, 2.24) is 20.2 Å². The van der Waals surface area contributed by atoms with Crippen molar-refractivity contribution in [1.29, 1.82) is 0 Å². The first kappa shape index (κ1) is 18.4. The minimum absolute atomic E-state index is 0.285. The number of benzene rings is 1. The van der Waals surface area contributed by atoms with E-state index in [0.717, 1.165) is 5.56 Å². The van der Waals surface area contributed by atoms with Crippen molar-refractivity contribution in [2.45, 2.75) is 12.6 Å². The molecule has 1 atom stereocenters. The van der Waals surface area contributed by atoms with Crippen LogP contribution in [0.1, 0.15) is 23.2 Å². The second kappa shape index (κ2) is 8.31. The number of methoxy groups -OCH3 is 2. The van der Waals surface area contributed by atoms with Crippen LogP contribution in [0.2, 0.25) is 0 Å². The third-order valence-corrected chi connectivity index (χ3v) is 4.10. The second-order valence-electron chi connectivity index (χ2n) is 5.88. The SMILES string of the molecule is COc1cc(OC)cc(C(NC(=O)NCc2ccco2)c2nccn2C)c1. The average molecular weight is 370 g/mol. The minimum atomic E-state index is -0.495. The first-order chi connectivity index (χ1) is 13.1. The molecule has 0 saturated heterocycles. The van der Waals surface area contributed by atoms with E-state index in [9.17, 15) is 4.79 Å². The summed E-state index contributed by atoms with van der Waals surface area (Å²) in [5.41, 5.74) is 0.786. The summed E-state index contributed by atoms with van der Waals surface area (Å²) in [5.74, 6) is 2.60. The van der Waals surface area contributed by atoms with E-state index in [2.05, 4.69) is 15.6 Å². The van der Waals surface area contributed by atoms with Crippen LogP contribution in [0, 0.1) is 0 Å². The van der Waals surface area contributed by atoms with Crippen LogP contribution in [0.15, 0.2) is 53.4 Å². The fourth-order valence-corrected chi connectivity index (χ4v) is 2.71. The maximum absolute atomic E-state index is 12.5. The molecule has 142 valence electrons. The van der Waals surface area contributed by atoms with Crippen LogP contribution in [0.3, 0.4) is 0 Å². The van der Waals surface area contributed by atoms with Gasteiger partial charge in [0.2, 0.25) is 0 Å². The second-order valence-corrected chi connectivity index (χ2v) is 5.88. The number of imidazole rings is 1. The number of carbonyl (C=O) groups is 1. The lowest BCUT2D eigenvalue weighted by molar-refractivity contribution is 0.236. The number of aromatic nitrogens is 2. The van der Waals surface area contributed by atoms with Gasteiger partial charge in [-0.05, 0) is 29.8 Å². The van der Waals surface area contributed by atoms with E-state index in [-0.39, 0.29) is 12.6 Å². The zero-order valence-corrected chi connectivity index (χ0v) is 15.4. The number of nitrogens with zero attached hydrogens (tertiary/aromatic N) is 2. The quantitative estimate of drug-likeness (QED) is 0.667. The zero-order valence-electron chi connectivity index (χ0n) is 15.4. The molecule has 0 fully saturated rings. The molecule has 3 aromatic rings. The monoisotopic (exact) mass is 370 g/mol. The fourth-order valence-electron chi connectivity index (χ4n) is 2.71. The molecule has 0 radical (unpaired) electrons. The summed E-state index contributed by atoms with van der Waals surface area (Å²) in [5, 5.41) is 5.74. The number of aryl methyl sites for hydroxylation is 1. The van der Waals surface area contributed by atoms with Crippen LogP contribution in [-0.4, -0.2) is 29.8 Å². The lowest BCUT2D eigenvalue weighted by Crippen LogP contribution is -2.38. The number of hydrogen-bond donors (Lipinski definition) is 2. The van der Waals surface area contributed by atoms with Crippen molar-refractivity contribution < 1.29 is 18.7 Å². The highest BCUT2D eigenvalue weighted by molar-refractivity contribution is 5.74. The lowest BCUT2D eigenvalue weighted by atomic mass is 10.1. The Hall–Kier alpha value is -3.42. The van der Waals surface area contributed by atoms with Crippen LogP contribution in [0.5, 0.6) is 11.5 Å². The number of amides is 2. The van der Waals surface area contributed by atoms with Crippen molar-refractivity contribution in [3.8, 4) is 11.5 Å². The third-order valence-electron chi connectivity index (χ3n) is 4.10. The average Bonchev–Trinajstić information content (AvgIpc) is 3.35. The molecule has 2 heterocycles. The van der Waals surface area contributed by atoms with E-state index in [1.807, 2.05) is 29.9 Å². The molecule has 1 unspecified atom stereocenters. The highest BCUT2D eigenvalue weighted by Gasteiger charge is 2.22. The number of ether oxygens (including phenoxy) is 2. The Labute approximate surface area is 157 Å². The van der Waals surface area contributed by atoms with Crippen molar-refractivity contribution in [3.05, 3.63) is 66.1 Å².